The zero-order valence-corrected chi connectivity index (χ0v) is 7.15. The van der Waals surface area contributed by atoms with E-state index in [0.717, 1.165) is 0 Å². The molecule has 1 heterocycles. The summed E-state index contributed by atoms with van der Waals surface area (Å²) in [5, 5.41) is 10.0. The summed E-state index contributed by atoms with van der Waals surface area (Å²) in [5.41, 5.74) is -0.464. The molecule has 0 aliphatic rings. The van der Waals surface area contributed by atoms with Gasteiger partial charge in [-0.1, -0.05) is 24.3 Å². The third kappa shape index (κ3) is 1.26. The van der Waals surface area contributed by atoms with Crippen molar-refractivity contribution >= 4 is 16.7 Å². The molecule has 0 saturated heterocycles. The Hall–Kier alpha value is -2.10. The van der Waals surface area contributed by atoms with Gasteiger partial charge in [-0.2, -0.15) is 0 Å². The molecule has 0 aliphatic heterocycles. The molecule has 14 heavy (non-hydrogen) atoms. The average molecular weight is 189 g/mol. The van der Waals surface area contributed by atoms with Crippen molar-refractivity contribution in [3.63, 3.8) is 0 Å². The first-order valence-electron chi connectivity index (χ1n) is 4.04. The van der Waals surface area contributed by atoms with Gasteiger partial charge in [-0.15, -0.1) is 0 Å². The minimum absolute atomic E-state index is 0.0619. The summed E-state index contributed by atoms with van der Waals surface area (Å²) in [6.07, 6.45) is 0. The van der Waals surface area contributed by atoms with Crippen molar-refractivity contribution in [2.24, 2.45) is 0 Å². The fourth-order valence-electron chi connectivity index (χ4n) is 1.39. The van der Waals surface area contributed by atoms with Crippen molar-refractivity contribution in [2.75, 3.05) is 0 Å². The van der Waals surface area contributed by atoms with Gasteiger partial charge in [0.25, 0.3) is 0 Å². The number of aromatic amines is 1. The van der Waals surface area contributed by atoms with Gasteiger partial charge >= 0.3 is 5.97 Å². The number of aromatic carboxylic acids is 1. The second-order valence-corrected chi connectivity index (χ2v) is 2.90. The molecule has 0 aliphatic carbocycles. The van der Waals surface area contributed by atoms with Gasteiger partial charge in [-0.25, -0.2) is 4.79 Å². The van der Waals surface area contributed by atoms with E-state index in [-0.39, 0.29) is 5.69 Å². The van der Waals surface area contributed by atoms with Crippen LogP contribution >= 0.6 is 0 Å². The largest absolute Gasteiger partial charge is 0.477 e. The minimum Gasteiger partial charge on any atom is -0.477 e. The van der Waals surface area contributed by atoms with Crippen LogP contribution in [0.2, 0.25) is 0 Å². The van der Waals surface area contributed by atoms with Crippen LogP contribution in [-0.2, 0) is 0 Å². The number of aromatic nitrogens is 1. The molecule has 1 aromatic heterocycles. The number of carboxylic acids is 1. The van der Waals surface area contributed by atoms with Crippen LogP contribution in [0.5, 0.6) is 0 Å². The Morgan fingerprint density at radius 1 is 1.29 bits per heavy atom. The van der Waals surface area contributed by atoms with Crippen molar-refractivity contribution in [2.45, 2.75) is 0 Å². The second-order valence-electron chi connectivity index (χ2n) is 2.90. The van der Waals surface area contributed by atoms with E-state index in [9.17, 15) is 9.59 Å². The number of rotatable bonds is 1. The number of hydrogen-bond donors (Lipinski definition) is 2. The fraction of sp³-hybridized carbons (Fsp3) is 0. The van der Waals surface area contributed by atoms with E-state index in [4.69, 9.17) is 5.11 Å². The summed E-state index contributed by atoms with van der Waals surface area (Å²) in [4.78, 5) is 24.2. The normalized spacial score (nSPS) is 10.3. The maximum atomic E-state index is 11.1. The molecule has 2 rings (SSSR count). The van der Waals surface area contributed by atoms with E-state index in [1.165, 1.54) is 6.07 Å². The molecule has 0 radical (unpaired) electrons. The van der Waals surface area contributed by atoms with Gasteiger partial charge in [0, 0.05) is 11.5 Å². The average Bonchev–Trinajstić information content (AvgIpc) is 2.16. The first-order valence-corrected chi connectivity index (χ1v) is 4.04. The molecular formula is C10H7NO3. The number of fused-ring (bicyclic) bond motifs is 1. The Morgan fingerprint density at radius 2 is 2.00 bits per heavy atom. The topological polar surface area (TPSA) is 70.2 Å². The highest BCUT2D eigenvalue weighted by molar-refractivity contribution is 6.01. The minimum atomic E-state index is -1.13. The van der Waals surface area contributed by atoms with Crippen molar-refractivity contribution in [1.82, 2.24) is 4.98 Å². The van der Waals surface area contributed by atoms with Gasteiger partial charge in [0.2, 0.25) is 5.56 Å². The van der Waals surface area contributed by atoms with Crippen LogP contribution in [-0.4, -0.2) is 16.1 Å². The van der Waals surface area contributed by atoms with Crippen LogP contribution in [0.1, 0.15) is 10.5 Å². The Labute approximate surface area is 78.8 Å². The summed E-state index contributed by atoms with van der Waals surface area (Å²) < 4.78 is 0. The highest BCUT2D eigenvalue weighted by atomic mass is 16.4. The maximum absolute atomic E-state index is 11.1. The number of hydrogen-bond acceptors (Lipinski definition) is 2. The predicted octanol–water partition coefficient (Wildman–Crippen LogP) is 1.23. The van der Waals surface area contributed by atoms with Crippen molar-refractivity contribution < 1.29 is 9.90 Å². The van der Waals surface area contributed by atoms with E-state index in [1.807, 2.05) is 0 Å². The summed E-state index contributed by atoms with van der Waals surface area (Å²) in [6.45, 7) is 0. The van der Waals surface area contributed by atoms with Crippen LogP contribution in [0.25, 0.3) is 10.8 Å². The summed E-state index contributed by atoms with van der Waals surface area (Å²) in [7, 11) is 0. The fourth-order valence-corrected chi connectivity index (χ4v) is 1.39. The van der Waals surface area contributed by atoms with E-state index in [0.29, 0.717) is 10.8 Å². The molecule has 4 heteroatoms. The Balaban J connectivity index is 2.94. The number of nitrogens with one attached hydrogen (secondary N) is 1. The van der Waals surface area contributed by atoms with Crippen LogP contribution < -0.4 is 5.56 Å². The van der Waals surface area contributed by atoms with Crippen LogP contribution in [0, 0.1) is 0 Å². The predicted molar refractivity (Wildman–Crippen MR) is 51.5 cm³/mol. The Kier molecular flexibility index (Phi) is 1.81. The Bertz CT molecular complexity index is 557. The van der Waals surface area contributed by atoms with E-state index < -0.39 is 11.5 Å². The zero-order chi connectivity index (χ0) is 10.1. The third-order valence-corrected chi connectivity index (χ3v) is 1.98. The molecule has 0 bridgehead atoms. The number of H-pyrrole nitrogens is 1. The monoisotopic (exact) mass is 189 g/mol. The summed E-state index contributed by atoms with van der Waals surface area (Å²) >= 11 is 0. The number of carbonyl (C=O) groups is 1. The molecule has 4 nitrogen and oxygen atoms in total. The lowest BCUT2D eigenvalue weighted by Gasteiger charge is -2.00. The van der Waals surface area contributed by atoms with Gasteiger partial charge in [0.1, 0.15) is 5.69 Å². The molecule has 0 fully saturated rings. The maximum Gasteiger partial charge on any atom is 0.353 e. The number of pyridine rings is 1. The molecule has 0 spiro atoms. The van der Waals surface area contributed by atoms with Crippen LogP contribution in [0.4, 0.5) is 0 Å². The molecule has 2 N–H and O–H groups in total. The first kappa shape index (κ1) is 8.50. The quantitative estimate of drug-likeness (QED) is 0.708. The molecular weight excluding hydrogens is 182 g/mol. The number of benzene rings is 1. The number of carboxylic acid groups (broad SMARTS) is 1. The smallest absolute Gasteiger partial charge is 0.353 e. The molecule has 1 aromatic carbocycles. The van der Waals surface area contributed by atoms with Gasteiger partial charge in [0.05, 0.1) is 0 Å². The second kappa shape index (κ2) is 2.99. The third-order valence-electron chi connectivity index (χ3n) is 1.98. The van der Waals surface area contributed by atoms with Crippen LogP contribution in [0.3, 0.4) is 0 Å². The summed E-state index contributed by atoms with van der Waals surface area (Å²) in [5.74, 6) is -1.13. The van der Waals surface area contributed by atoms with E-state index in [1.54, 1.807) is 24.3 Å². The van der Waals surface area contributed by atoms with Crippen molar-refractivity contribution in [3.8, 4) is 0 Å². The van der Waals surface area contributed by atoms with Gasteiger partial charge in [-0.3, -0.25) is 4.79 Å². The van der Waals surface area contributed by atoms with Crippen molar-refractivity contribution in [1.29, 1.82) is 0 Å². The van der Waals surface area contributed by atoms with E-state index >= 15 is 0 Å². The zero-order valence-electron chi connectivity index (χ0n) is 7.15. The molecule has 0 atom stereocenters. The molecule has 0 amide bonds. The highest BCUT2D eigenvalue weighted by Gasteiger charge is 2.08. The van der Waals surface area contributed by atoms with Gasteiger partial charge in [0.15, 0.2) is 0 Å². The molecule has 0 unspecified atom stereocenters. The lowest BCUT2D eigenvalue weighted by atomic mass is 10.1. The Morgan fingerprint density at radius 3 is 2.71 bits per heavy atom. The molecule has 0 saturated carbocycles. The van der Waals surface area contributed by atoms with Crippen molar-refractivity contribution in [3.05, 3.63) is 46.4 Å². The highest BCUT2D eigenvalue weighted by Crippen LogP contribution is 2.13. The van der Waals surface area contributed by atoms with Crippen LogP contribution in [0.15, 0.2) is 35.1 Å². The lowest BCUT2D eigenvalue weighted by Crippen LogP contribution is -2.12. The molecule has 70 valence electrons. The van der Waals surface area contributed by atoms with Gasteiger partial charge in [-0.05, 0) is 5.39 Å². The molecule has 2 aromatic rings. The van der Waals surface area contributed by atoms with E-state index in [2.05, 4.69) is 4.98 Å². The SMILES string of the molecule is O=C(O)c1[nH]c(=O)cc2ccccc12. The lowest BCUT2D eigenvalue weighted by molar-refractivity contribution is 0.0692. The standard InChI is InChI=1S/C10H7NO3/c12-8-5-6-3-1-2-4-7(6)9(11-8)10(13)14/h1-5H,(H,11,12)(H,13,14). The first-order chi connectivity index (χ1) is 6.68. The van der Waals surface area contributed by atoms with Gasteiger partial charge < -0.3 is 10.1 Å². The summed E-state index contributed by atoms with van der Waals surface area (Å²) in [6, 6.07) is 8.23.